The summed E-state index contributed by atoms with van der Waals surface area (Å²) in [7, 11) is 1.72. The van der Waals surface area contributed by atoms with Crippen LogP contribution in [-0.4, -0.2) is 24.8 Å². The molecule has 1 fully saturated rings. The van der Waals surface area contributed by atoms with E-state index in [4.69, 9.17) is 16.3 Å². The van der Waals surface area contributed by atoms with E-state index < -0.39 is 0 Å². The van der Waals surface area contributed by atoms with Gasteiger partial charge in [0.15, 0.2) is 0 Å². The summed E-state index contributed by atoms with van der Waals surface area (Å²) in [6, 6.07) is 1.85. The molecule has 0 aromatic carbocycles. The number of nitrogens with zero attached hydrogens (tertiary/aromatic N) is 1. The fourth-order valence-electron chi connectivity index (χ4n) is 1.98. The van der Waals surface area contributed by atoms with Gasteiger partial charge in [0.1, 0.15) is 5.69 Å². The van der Waals surface area contributed by atoms with Crippen LogP contribution in [0.2, 0.25) is 5.02 Å². The number of hydrogen-bond acceptors (Lipinski definition) is 3. The molecule has 5 heteroatoms. The zero-order valence-corrected chi connectivity index (χ0v) is 9.96. The highest BCUT2D eigenvalue weighted by Crippen LogP contribution is 2.21. The molecule has 16 heavy (non-hydrogen) atoms. The molecule has 2 heterocycles. The highest BCUT2D eigenvalue weighted by molar-refractivity contribution is 6.30. The Morgan fingerprint density at radius 1 is 1.50 bits per heavy atom. The van der Waals surface area contributed by atoms with Crippen molar-refractivity contribution in [1.82, 2.24) is 4.57 Å². The molecule has 1 aromatic heterocycles. The van der Waals surface area contributed by atoms with Crippen molar-refractivity contribution >= 4 is 17.3 Å². The minimum absolute atomic E-state index is 0.0150. The highest BCUT2D eigenvalue weighted by atomic mass is 35.5. The highest BCUT2D eigenvalue weighted by Gasteiger charge is 2.18. The summed E-state index contributed by atoms with van der Waals surface area (Å²) in [4.78, 5) is 12.1. The summed E-state index contributed by atoms with van der Waals surface area (Å²) >= 11 is 5.99. The van der Waals surface area contributed by atoms with E-state index >= 15 is 0 Å². The third kappa shape index (κ3) is 2.23. The van der Waals surface area contributed by atoms with Crippen molar-refractivity contribution in [2.24, 2.45) is 0 Å². The standard InChI is InChI=1S/C11H15ClN2O2/c1-13-10-6-8(12)7-14(11(10)15)9-2-4-16-5-3-9/h6-7,9,13H,2-5H2,1H3. The summed E-state index contributed by atoms with van der Waals surface area (Å²) < 4.78 is 7.00. The molecule has 4 nitrogen and oxygen atoms in total. The second-order valence-corrected chi connectivity index (χ2v) is 4.31. The summed E-state index contributed by atoms with van der Waals surface area (Å²) in [6.07, 6.45) is 3.44. The SMILES string of the molecule is CNc1cc(Cl)cn(C2CCOCC2)c1=O. The number of rotatable bonds is 2. The molecular formula is C11H15ClN2O2. The molecule has 0 radical (unpaired) electrons. The lowest BCUT2D eigenvalue weighted by Gasteiger charge is -2.24. The number of halogens is 1. The maximum atomic E-state index is 12.1. The van der Waals surface area contributed by atoms with Crippen LogP contribution in [0.25, 0.3) is 0 Å². The van der Waals surface area contributed by atoms with Crippen molar-refractivity contribution in [3.05, 3.63) is 27.6 Å². The third-order valence-electron chi connectivity index (χ3n) is 2.86. The molecule has 1 N–H and O–H groups in total. The van der Waals surface area contributed by atoms with Crippen LogP contribution in [0.4, 0.5) is 5.69 Å². The van der Waals surface area contributed by atoms with Crippen molar-refractivity contribution < 1.29 is 4.74 Å². The van der Waals surface area contributed by atoms with Gasteiger partial charge in [0.25, 0.3) is 5.56 Å². The van der Waals surface area contributed by atoms with Crippen LogP contribution in [0, 0.1) is 0 Å². The topological polar surface area (TPSA) is 43.3 Å². The van der Waals surface area contributed by atoms with Gasteiger partial charge >= 0.3 is 0 Å². The molecule has 0 saturated carbocycles. The Morgan fingerprint density at radius 3 is 2.81 bits per heavy atom. The van der Waals surface area contributed by atoms with Crippen LogP contribution in [0.3, 0.4) is 0 Å². The van der Waals surface area contributed by atoms with Crippen molar-refractivity contribution in [3.63, 3.8) is 0 Å². The number of aromatic nitrogens is 1. The van der Waals surface area contributed by atoms with E-state index in [1.165, 1.54) is 0 Å². The van der Waals surface area contributed by atoms with Gasteiger partial charge in [-0.15, -0.1) is 0 Å². The average molecular weight is 243 g/mol. The van der Waals surface area contributed by atoms with Crippen LogP contribution in [0.1, 0.15) is 18.9 Å². The quantitative estimate of drug-likeness (QED) is 0.862. The molecule has 2 rings (SSSR count). The van der Waals surface area contributed by atoms with Crippen molar-refractivity contribution in [3.8, 4) is 0 Å². The second kappa shape index (κ2) is 4.89. The molecule has 0 aliphatic carbocycles. The van der Waals surface area contributed by atoms with Gasteiger partial charge in [-0.1, -0.05) is 11.6 Å². The van der Waals surface area contributed by atoms with Crippen molar-refractivity contribution in [2.75, 3.05) is 25.6 Å². The van der Waals surface area contributed by atoms with Crippen molar-refractivity contribution in [2.45, 2.75) is 18.9 Å². The lowest BCUT2D eigenvalue weighted by Crippen LogP contribution is -2.30. The molecule has 1 aliphatic rings. The van der Waals surface area contributed by atoms with E-state index in [1.54, 1.807) is 23.9 Å². The van der Waals surface area contributed by atoms with E-state index in [0.717, 1.165) is 12.8 Å². The molecule has 1 aromatic rings. The lowest BCUT2D eigenvalue weighted by atomic mass is 10.1. The Labute approximate surface area is 99.2 Å². The van der Waals surface area contributed by atoms with Gasteiger partial charge in [-0.05, 0) is 18.9 Å². The maximum absolute atomic E-state index is 12.1. The van der Waals surface area contributed by atoms with Gasteiger partial charge in [-0.25, -0.2) is 0 Å². The largest absolute Gasteiger partial charge is 0.384 e. The molecule has 0 atom stereocenters. The van der Waals surface area contributed by atoms with Crippen LogP contribution in [0.15, 0.2) is 17.1 Å². The fourth-order valence-corrected chi connectivity index (χ4v) is 2.20. The molecule has 1 saturated heterocycles. The van der Waals surface area contributed by atoms with Crippen LogP contribution < -0.4 is 10.9 Å². The van der Waals surface area contributed by atoms with E-state index in [-0.39, 0.29) is 11.6 Å². The molecule has 0 bridgehead atoms. The molecule has 0 unspecified atom stereocenters. The minimum atomic E-state index is -0.0150. The number of anilines is 1. The Hall–Kier alpha value is -1.00. The molecule has 88 valence electrons. The van der Waals surface area contributed by atoms with E-state index in [1.807, 2.05) is 0 Å². The Balaban J connectivity index is 2.38. The smallest absolute Gasteiger partial charge is 0.274 e. The normalized spacial score (nSPS) is 17.4. The van der Waals surface area contributed by atoms with Crippen LogP contribution in [0.5, 0.6) is 0 Å². The zero-order chi connectivity index (χ0) is 11.5. The zero-order valence-electron chi connectivity index (χ0n) is 9.20. The molecule has 1 aliphatic heterocycles. The van der Waals surface area contributed by atoms with E-state index in [9.17, 15) is 4.79 Å². The summed E-state index contributed by atoms with van der Waals surface area (Å²) in [5.74, 6) is 0. The lowest BCUT2D eigenvalue weighted by molar-refractivity contribution is 0.0687. The summed E-state index contributed by atoms with van der Waals surface area (Å²) in [5, 5.41) is 3.45. The van der Waals surface area contributed by atoms with Gasteiger partial charge < -0.3 is 14.6 Å². The first-order valence-corrected chi connectivity index (χ1v) is 5.77. The van der Waals surface area contributed by atoms with Crippen LogP contribution >= 0.6 is 11.6 Å². The van der Waals surface area contributed by atoms with Crippen LogP contribution in [-0.2, 0) is 4.74 Å². The summed E-state index contributed by atoms with van der Waals surface area (Å²) in [5.41, 5.74) is 0.526. The van der Waals surface area contributed by atoms with Gasteiger partial charge in [-0.2, -0.15) is 0 Å². The number of ether oxygens (including phenoxy) is 1. The Morgan fingerprint density at radius 2 is 2.19 bits per heavy atom. The Bertz CT molecular complexity index is 424. The number of hydrogen-bond donors (Lipinski definition) is 1. The van der Waals surface area contributed by atoms with Crippen molar-refractivity contribution in [1.29, 1.82) is 0 Å². The second-order valence-electron chi connectivity index (χ2n) is 3.88. The number of nitrogens with one attached hydrogen (secondary N) is 1. The first-order valence-electron chi connectivity index (χ1n) is 5.39. The van der Waals surface area contributed by atoms with Gasteiger partial charge in [-0.3, -0.25) is 4.79 Å². The first kappa shape index (κ1) is 11.5. The van der Waals surface area contributed by atoms with E-state index in [2.05, 4.69) is 5.32 Å². The minimum Gasteiger partial charge on any atom is -0.384 e. The number of pyridine rings is 1. The first-order chi connectivity index (χ1) is 7.72. The summed E-state index contributed by atoms with van der Waals surface area (Å²) in [6.45, 7) is 1.41. The van der Waals surface area contributed by atoms with Gasteiger partial charge in [0, 0.05) is 32.5 Å². The average Bonchev–Trinajstić information content (AvgIpc) is 2.33. The third-order valence-corrected chi connectivity index (χ3v) is 3.07. The molecule has 0 spiro atoms. The van der Waals surface area contributed by atoms with Gasteiger partial charge in [0.2, 0.25) is 0 Å². The predicted octanol–water partition coefficient (Wildman–Crippen LogP) is 1.89. The molecular weight excluding hydrogens is 228 g/mol. The van der Waals surface area contributed by atoms with E-state index in [0.29, 0.717) is 23.9 Å². The molecule has 0 amide bonds. The predicted molar refractivity (Wildman–Crippen MR) is 64.3 cm³/mol. The Kier molecular flexibility index (Phi) is 3.51. The monoisotopic (exact) mass is 242 g/mol. The van der Waals surface area contributed by atoms with Gasteiger partial charge in [0.05, 0.1) is 5.02 Å². The maximum Gasteiger partial charge on any atom is 0.274 e. The fraction of sp³-hybridized carbons (Fsp3) is 0.545.